The zero-order chi connectivity index (χ0) is 14.1. The molecule has 0 spiro atoms. The Kier molecular flexibility index (Phi) is 3.53. The summed E-state index contributed by atoms with van der Waals surface area (Å²) in [6.45, 7) is 4.81. The zero-order valence-electron chi connectivity index (χ0n) is 11.8. The average Bonchev–Trinajstić information content (AvgIpc) is 2.81. The summed E-state index contributed by atoms with van der Waals surface area (Å²) in [5.74, 6) is 1.23. The Bertz CT molecular complexity index is 488. The van der Waals surface area contributed by atoms with Crippen LogP contribution in [0.3, 0.4) is 0 Å². The van der Waals surface area contributed by atoms with E-state index in [9.17, 15) is 4.79 Å². The summed E-state index contributed by atoms with van der Waals surface area (Å²) in [6.07, 6.45) is -0.257. The van der Waals surface area contributed by atoms with Crippen molar-refractivity contribution in [2.24, 2.45) is 5.92 Å². The number of nitrogens with one attached hydrogen (secondary N) is 1. The Balaban J connectivity index is 1.64. The van der Waals surface area contributed by atoms with Gasteiger partial charge in [-0.2, -0.15) is 0 Å². The van der Waals surface area contributed by atoms with Crippen molar-refractivity contribution in [3.05, 3.63) is 29.8 Å². The van der Waals surface area contributed by atoms with E-state index in [4.69, 9.17) is 9.47 Å². The summed E-state index contributed by atoms with van der Waals surface area (Å²) >= 11 is 0. The Morgan fingerprint density at radius 2 is 2.10 bits per heavy atom. The van der Waals surface area contributed by atoms with Gasteiger partial charge in [0.2, 0.25) is 0 Å². The van der Waals surface area contributed by atoms with Gasteiger partial charge in [0.15, 0.2) is 0 Å². The van der Waals surface area contributed by atoms with Gasteiger partial charge in [-0.05, 0) is 17.7 Å². The molecule has 2 heterocycles. The van der Waals surface area contributed by atoms with Crippen LogP contribution in [0, 0.1) is 5.92 Å². The van der Waals surface area contributed by atoms with Crippen LogP contribution in [0.5, 0.6) is 5.75 Å². The number of amides is 1. The lowest BCUT2D eigenvalue weighted by Gasteiger charge is -2.37. The molecule has 5 nitrogen and oxygen atoms in total. The summed E-state index contributed by atoms with van der Waals surface area (Å²) in [5, 5.41) is 2.90. The SMILES string of the molecule is COc1ccc(CN2C[C@@H](C)[C@@H]3OC(=O)N[C@@H]3C2)cc1. The number of carbonyl (C=O) groups excluding carboxylic acids is 1. The third-order valence-electron chi connectivity index (χ3n) is 4.07. The normalized spacial score (nSPS) is 29.5. The van der Waals surface area contributed by atoms with Gasteiger partial charge in [-0.25, -0.2) is 4.79 Å². The molecule has 1 aromatic rings. The number of benzene rings is 1. The van der Waals surface area contributed by atoms with Crippen LogP contribution in [0.1, 0.15) is 12.5 Å². The van der Waals surface area contributed by atoms with Gasteiger partial charge >= 0.3 is 6.09 Å². The third kappa shape index (κ3) is 2.58. The van der Waals surface area contributed by atoms with Crippen molar-refractivity contribution in [3.63, 3.8) is 0 Å². The smallest absolute Gasteiger partial charge is 0.407 e. The van der Waals surface area contributed by atoms with Crippen LogP contribution in [0.2, 0.25) is 0 Å². The topological polar surface area (TPSA) is 50.8 Å². The second kappa shape index (κ2) is 5.32. The van der Waals surface area contributed by atoms with E-state index in [0.717, 1.165) is 25.4 Å². The monoisotopic (exact) mass is 276 g/mol. The molecule has 1 amide bonds. The van der Waals surface area contributed by atoms with E-state index in [1.54, 1.807) is 7.11 Å². The van der Waals surface area contributed by atoms with Crippen LogP contribution >= 0.6 is 0 Å². The van der Waals surface area contributed by atoms with E-state index in [1.807, 2.05) is 12.1 Å². The van der Waals surface area contributed by atoms with Crippen molar-refractivity contribution in [3.8, 4) is 5.75 Å². The fraction of sp³-hybridized carbons (Fsp3) is 0.533. The summed E-state index contributed by atoms with van der Waals surface area (Å²) in [5.41, 5.74) is 1.25. The molecule has 0 bridgehead atoms. The van der Waals surface area contributed by atoms with Gasteiger partial charge in [-0.1, -0.05) is 19.1 Å². The molecule has 3 rings (SSSR count). The van der Waals surface area contributed by atoms with E-state index in [-0.39, 0.29) is 18.2 Å². The first-order valence-corrected chi connectivity index (χ1v) is 6.98. The van der Waals surface area contributed by atoms with Crippen LogP contribution in [-0.4, -0.2) is 43.3 Å². The highest BCUT2D eigenvalue weighted by Crippen LogP contribution is 2.25. The van der Waals surface area contributed by atoms with Crippen molar-refractivity contribution in [2.45, 2.75) is 25.6 Å². The van der Waals surface area contributed by atoms with Crippen LogP contribution in [-0.2, 0) is 11.3 Å². The van der Waals surface area contributed by atoms with E-state index < -0.39 is 0 Å². The first-order valence-electron chi connectivity index (χ1n) is 6.98. The number of alkyl carbamates (subject to hydrolysis) is 1. The number of ether oxygens (including phenoxy) is 2. The molecule has 0 saturated carbocycles. The molecule has 0 unspecified atom stereocenters. The number of fused-ring (bicyclic) bond motifs is 1. The fourth-order valence-corrected chi connectivity index (χ4v) is 3.12. The standard InChI is InChI=1S/C15H20N2O3/c1-10-7-17(9-13-14(10)20-15(18)16-13)8-11-3-5-12(19-2)6-4-11/h3-6,10,13-14H,7-9H2,1-2H3,(H,16,18)/t10-,13-,14+/m1/s1. The summed E-state index contributed by atoms with van der Waals surface area (Å²) in [7, 11) is 1.67. The summed E-state index contributed by atoms with van der Waals surface area (Å²) in [6, 6.07) is 8.24. The van der Waals surface area contributed by atoms with Crippen LogP contribution in [0.15, 0.2) is 24.3 Å². The molecular weight excluding hydrogens is 256 g/mol. The molecule has 20 heavy (non-hydrogen) atoms. The van der Waals surface area contributed by atoms with Crippen LogP contribution < -0.4 is 10.1 Å². The molecule has 0 radical (unpaired) electrons. The highest BCUT2D eigenvalue weighted by molar-refractivity contribution is 5.70. The first kappa shape index (κ1) is 13.2. The van der Waals surface area contributed by atoms with Crippen molar-refractivity contribution in [1.29, 1.82) is 0 Å². The number of nitrogens with zero attached hydrogens (tertiary/aromatic N) is 1. The highest BCUT2D eigenvalue weighted by Gasteiger charge is 2.42. The summed E-state index contributed by atoms with van der Waals surface area (Å²) in [4.78, 5) is 13.7. The Morgan fingerprint density at radius 1 is 1.35 bits per heavy atom. The maximum absolute atomic E-state index is 11.3. The predicted octanol–water partition coefficient (Wildman–Crippen LogP) is 1.62. The molecule has 3 atom stereocenters. The molecule has 2 aliphatic rings. The van der Waals surface area contributed by atoms with Gasteiger partial charge < -0.3 is 14.8 Å². The molecule has 1 aromatic carbocycles. The maximum atomic E-state index is 11.3. The highest BCUT2D eigenvalue weighted by atomic mass is 16.6. The van der Waals surface area contributed by atoms with Crippen molar-refractivity contribution in [1.82, 2.24) is 10.2 Å². The van der Waals surface area contributed by atoms with Crippen molar-refractivity contribution >= 4 is 6.09 Å². The predicted molar refractivity (Wildman–Crippen MR) is 74.6 cm³/mol. The minimum Gasteiger partial charge on any atom is -0.497 e. The second-order valence-corrected chi connectivity index (χ2v) is 5.64. The molecule has 5 heteroatoms. The van der Waals surface area contributed by atoms with E-state index in [0.29, 0.717) is 5.92 Å². The second-order valence-electron chi connectivity index (χ2n) is 5.64. The maximum Gasteiger partial charge on any atom is 0.407 e. The molecule has 2 fully saturated rings. The third-order valence-corrected chi connectivity index (χ3v) is 4.07. The molecule has 0 aliphatic carbocycles. The molecular formula is C15H20N2O3. The quantitative estimate of drug-likeness (QED) is 0.911. The summed E-state index contributed by atoms with van der Waals surface area (Å²) < 4.78 is 10.5. The Morgan fingerprint density at radius 3 is 2.80 bits per heavy atom. The van der Waals surface area contributed by atoms with Crippen LogP contribution in [0.4, 0.5) is 4.79 Å². The number of hydrogen-bond acceptors (Lipinski definition) is 4. The number of methoxy groups -OCH3 is 1. The van der Waals surface area contributed by atoms with Gasteiger partial charge in [-0.15, -0.1) is 0 Å². The molecule has 2 aliphatic heterocycles. The van der Waals surface area contributed by atoms with Gasteiger partial charge in [0, 0.05) is 25.6 Å². The number of rotatable bonds is 3. The average molecular weight is 276 g/mol. The molecule has 108 valence electrons. The minimum absolute atomic E-state index is 0.0228. The largest absolute Gasteiger partial charge is 0.497 e. The lowest BCUT2D eigenvalue weighted by Crippen LogP contribution is -2.52. The van der Waals surface area contributed by atoms with Crippen LogP contribution in [0.25, 0.3) is 0 Å². The lowest BCUT2D eigenvalue weighted by atomic mass is 9.92. The molecule has 2 saturated heterocycles. The fourth-order valence-electron chi connectivity index (χ4n) is 3.12. The number of piperidine rings is 1. The van der Waals surface area contributed by atoms with E-state index >= 15 is 0 Å². The first-order chi connectivity index (χ1) is 9.65. The Labute approximate surface area is 118 Å². The van der Waals surface area contributed by atoms with Gasteiger partial charge in [0.1, 0.15) is 11.9 Å². The van der Waals surface area contributed by atoms with Gasteiger partial charge in [0.25, 0.3) is 0 Å². The number of carbonyl (C=O) groups is 1. The van der Waals surface area contributed by atoms with Gasteiger partial charge in [-0.3, -0.25) is 4.90 Å². The van der Waals surface area contributed by atoms with E-state index in [1.165, 1.54) is 5.56 Å². The number of likely N-dealkylation sites (tertiary alicyclic amines) is 1. The van der Waals surface area contributed by atoms with E-state index in [2.05, 4.69) is 29.3 Å². The van der Waals surface area contributed by atoms with Gasteiger partial charge in [0.05, 0.1) is 13.2 Å². The van der Waals surface area contributed by atoms with Crippen molar-refractivity contribution in [2.75, 3.05) is 20.2 Å². The minimum atomic E-state index is -0.279. The zero-order valence-corrected chi connectivity index (χ0v) is 11.8. The number of hydrogen-bond donors (Lipinski definition) is 1. The lowest BCUT2D eigenvalue weighted by molar-refractivity contribution is 0.0354. The van der Waals surface area contributed by atoms with Crippen molar-refractivity contribution < 1.29 is 14.3 Å². The Hall–Kier alpha value is -1.75. The molecule has 1 N–H and O–H groups in total. The molecule has 0 aromatic heterocycles.